The number of aliphatic hydroxyl groups excluding tert-OH is 6. The molecule has 0 saturated carbocycles. The summed E-state index contributed by atoms with van der Waals surface area (Å²) in [7, 11) is -23.9. The predicted octanol–water partition coefficient (Wildman–Crippen LogP) is -9.97. The molecular formula is C28H44N2O35S4. The van der Waals surface area contributed by atoms with Crippen molar-refractivity contribution in [3.05, 3.63) is 0 Å². The van der Waals surface area contributed by atoms with Crippen LogP contribution in [-0.2, 0) is 111 Å². The zero-order valence-electron chi connectivity index (χ0n) is 34.4. The number of rotatable bonds is 20. The first-order valence-electron chi connectivity index (χ1n) is 18.7. The molecule has 0 aromatic carbocycles. The van der Waals surface area contributed by atoms with Gasteiger partial charge < -0.3 is 84.6 Å². The van der Waals surface area contributed by atoms with Gasteiger partial charge >= 0.3 is 53.5 Å². The molecule has 0 aliphatic carbocycles. The Hall–Kier alpha value is -3.16. The van der Waals surface area contributed by atoms with Crippen LogP contribution in [0.25, 0.3) is 0 Å². The highest BCUT2D eigenvalue weighted by atomic mass is 32.3. The minimum absolute atomic E-state index is 0.690. The third-order valence-corrected chi connectivity index (χ3v) is 11.6. The first-order valence-corrected chi connectivity index (χ1v) is 24.2. The second kappa shape index (κ2) is 22.7. The van der Waals surface area contributed by atoms with Crippen LogP contribution in [0.2, 0.25) is 0 Å². The van der Waals surface area contributed by atoms with Crippen LogP contribution >= 0.6 is 0 Å². The fraction of sp³-hybridized carbons (Fsp3) is 0.857. The maximum Gasteiger partial charge on any atom is 0.397 e. The number of carbonyl (C=O) groups excluding carboxylic acids is 2. The van der Waals surface area contributed by atoms with Gasteiger partial charge in [0.2, 0.25) is 11.8 Å². The van der Waals surface area contributed by atoms with E-state index in [1.807, 2.05) is 5.32 Å². The Morgan fingerprint density at radius 1 is 0.464 bits per heavy atom. The summed E-state index contributed by atoms with van der Waals surface area (Å²) in [6.45, 7) is -1.00. The molecule has 0 aromatic rings. The van der Waals surface area contributed by atoms with Crippen molar-refractivity contribution in [3.63, 3.8) is 0 Å². The van der Waals surface area contributed by atoms with Crippen molar-refractivity contribution in [3.8, 4) is 0 Å². The molecule has 0 aromatic heterocycles. The Labute approximate surface area is 386 Å². The molecule has 4 aliphatic heterocycles. The number of carbonyl (C=O) groups is 4. The first kappa shape index (κ1) is 58.4. The number of carboxylic acid groups (broad SMARTS) is 2. The number of hydrogen-bond donors (Lipinski definition) is 14. The predicted molar refractivity (Wildman–Crippen MR) is 200 cm³/mol. The first-order chi connectivity index (χ1) is 31.6. The highest BCUT2D eigenvalue weighted by Crippen LogP contribution is 2.38. The summed E-state index contributed by atoms with van der Waals surface area (Å²) in [5, 5.41) is 87.6. The van der Waals surface area contributed by atoms with Gasteiger partial charge in [-0.25, -0.2) is 26.3 Å². The van der Waals surface area contributed by atoms with Gasteiger partial charge in [-0.1, -0.05) is 0 Å². The maximum atomic E-state index is 12.9. The van der Waals surface area contributed by atoms with Crippen molar-refractivity contribution in [2.75, 3.05) is 13.2 Å². The number of carboxylic acids is 2. The quantitative estimate of drug-likeness (QED) is 0.0504. The van der Waals surface area contributed by atoms with Crippen molar-refractivity contribution >= 4 is 65.3 Å². The van der Waals surface area contributed by atoms with E-state index in [4.69, 9.17) is 33.2 Å². The fourth-order valence-electron chi connectivity index (χ4n) is 7.22. The summed E-state index contributed by atoms with van der Waals surface area (Å²) in [5.41, 5.74) is 0. The summed E-state index contributed by atoms with van der Waals surface area (Å²) in [5.74, 6) is -6.79. The second-order valence-electron chi connectivity index (χ2n) is 14.7. The lowest BCUT2D eigenvalue weighted by atomic mass is 9.94. The van der Waals surface area contributed by atoms with E-state index in [9.17, 15) is 112 Å². The van der Waals surface area contributed by atoms with Crippen molar-refractivity contribution in [2.45, 2.75) is 137 Å². The minimum Gasteiger partial charge on any atom is -0.479 e. The van der Waals surface area contributed by atoms with Gasteiger partial charge in [0, 0.05) is 13.8 Å². The Balaban J connectivity index is 1.90. The SMILES string of the molecule is CC(=O)NC1[C@H](O[C@@H]2C(C(=O)O)O[C@@H](O[C@@H]3C(NC(C)=O)[C@H](O)OC(CO)[C@@H]3O)C(OS(=O)(=O)O)[C@H]2OS(=O)(=O)O)OC(CO)[C@H](O)[C@@H]1O[C@@H]1OC(C(=O)O)[C@@H](O)[C@H](OS(=O)(=O)O)C1OS(=O)(=O)O. The van der Waals surface area contributed by atoms with Crippen LogP contribution in [-0.4, -0.2) is 252 Å². The van der Waals surface area contributed by atoms with Crippen LogP contribution in [0.4, 0.5) is 0 Å². The van der Waals surface area contributed by atoms with Crippen LogP contribution in [0.5, 0.6) is 0 Å². The van der Waals surface area contributed by atoms with Crippen molar-refractivity contribution in [1.29, 1.82) is 0 Å². The lowest BCUT2D eigenvalue weighted by molar-refractivity contribution is -0.364. The molecule has 69 heavy (non-hydrogen) atoms. The molecule has 14 N–H and O–H groups in total. The molecule has 4 fully saturated rings. The standard InChI is InChI=1S/C28H44N2O35S4/c1-5(33)29-9-14(11(35)7(3-31)55-25(9)42)57-28-22(65-69(52,53)54)19(63-67(46,47)48)18(20(61-28)24(40)41)60-26-10(30-6(2)34)15(12(36)8(4-32)56-26)58-27-21(64-68(49,50)51)16(62-66(43,44)45)13(37)17(59-27)23(38)39/h7-22,25-28,31-32,35-37,42H,3-4H2,1-2H3,(H,29,33)(H,30,34)(H,38,39)(H,40,41)(H,43,44,45)(H,46,47,48)(H,49,50,51)(H,52,53,54)/t7?,8?,9?,10?,11-,12-,13-,14+,15+,16-,17?,18-,19-,20?,21?,22?,25+,26-,27+,28+/m0/s1. The lowest BCUT2D eigenvalue weighted by Gasteiger charge is -2.50. The molecule has 2 amide bonds. The summed E-state index contributed by atoms with van der Waals surface area (Å²) >= 11 is 0. The normalized spacial score (nSPS) is 39.2. The largest absolute Gasteiger partial charge is 0.479 e. The monoisotopic (exact) mass is 1100 g/mol. The van der Waals surface area contributed by atoms with Crippen LogP contribution in [0, 0.1) is 0 Å². The molecule has 0 bridgehead atoms. The Kier molecular flexibility index (Phi) is 19.2. The third-order valence-electron chi connectivity index (χ3n) is 9.77. The van der Waals surface area contributed by atoms with Crippen LogP contribution < -0.4 is 10.6 Å². The molecule has 4 rings (SSSR count). The van der Waals surface area contributed by atoms with E-state index in [1.54, 1.807) is 0 Å². The number of aliphatic carboxylic acids is 2. The van der Waals surface area contributed by atoms with Crippen molar-refractivity contribution in [2.24, 2.45) is 0 Å². The lowest BCUT2D eigenvalue weighted by Crippen LogP contribution is -2.71. The van der Waals surface area contributed by atoms with E-state index < -0.39 is 201 Å². The maximum absolute atomic E-state index is 12.9. The van der Waals surface area contributed by atoms with Gasteiger partial charge in [0.1, 0.15) is 73.1 Å². The van der Waals surface area contributed by atoms with Crippen LogP contribution in [0.1, 0.15) is 13.8 Å². The van der Waals surface area contributed by atoms with Gasteiger partial charge in [0.25, 0.3) is 0 Å². The summed E-state index contributed by atoms with van der Waals surface area (Å²) in [4.78, 5) is 49.7. The van der Waals surface area contributed by atoms with Crippen molar-refractivity contribution in [1.82, 2.24) is 10.6 Å². The van der Waals surface area contributed by atoms with E-state index >= 15 is 0 Å². The molecule has 8 unspecified atom stereocenters. The fourth-order valence-corrected chi connectivity index (χ4v) is 9.19. The van der Waals surface area contributed by atoms with Crippen LogP contribution in [0.3, 0.4) is 0 Å². The van der Waals surface area contributed by atoms with Gasteiger partial charge in [0.15, 0.2) is 49.6 Å². The van der Waals surface area contributed by atoms with E-state index in [1.165, 1.54) is 0 Å². The van der Waals surface area contributed by atoms with Gasteiger partial charge in [-0.15, -0.1) is 0 Å². The summed E-state index contributed by atoms with van der Waals surface area (Å²) in [6, 6.07) is -4.39. The average molecular weight is 1100 g/mol. The molecule has 4 heterocycles. The molecule has 4 aliphatic rings. The van der Waals surface area contributed by atoms with Gasteiger partial charge in [-0.2, -0.15) is 33.7 Å². The third kappa shape index (κ3) is 15.4. The van der Waals surface area contributed by atoms with E-state index in [0.29, 0.717) is 6.92 Å². The number of hydrogen-bond acceptors (Lipinski definition) is 29. The minimum atomic E-state index is -6.09. The highest BCUT2D eigenvalue weighted by molar-refractivity contribution is 7.81. The van der Waals surface area contributed by atoms with E-state index in [0.717, 1.165) is 6.92 Å². The number of aliphatic hydroxyl groups is 6. The average Bonchev–Trinajstić information content (AvgIpc) is 3.18. The Morgan fingerprint density at radius 2 is 0.826 bits per heavy atom. The molecule has 0 radical (unpaired) electrons. The number of ether oxygens (including phenoxy) is 7. The van der Waals surface area contributed by atoms with Crippen LogP contribution in [0.15, 0.2) is 0 Å². The summed E-state index contributed by atoms with van der Waals surface area (Å²) < 4.78 is 190. The smallest absolute Gasteiger partial charge is 0.397 e. The summed E-state index contributed by atoms with van der Waals surface area (Å²) in [6.07, 6.45) is -47.9. The highest BCUT2D eigenvalue weighted by Gasteiger charge is 2.61. The zero-order valence-corrected chi connectivity index (χ0v) is 37.6. The molecule has 41 heteroatoms. The Bertz CT molecular complexity index is 2300. The number of nitrogens with one attached hydrogen (secondary N) is 2. The second-order valence-corrected chi connectivity index (χ2v) is 18.9. The molecule has 400 valence electrons. The molecule has 20 atom stereocenters. The zero-order chi connectivity index (χ0) is 52.5. The van der Waals surface area contributed by atoms with E-state index in [2.05, 4.69) is 22.0 Å². The van der Waals surface area contributed by atoms with Gasteiger partial charge in [-0.3, -0.25) is 27.8 Å². The molecule has 4 saturated heterocycles. The number of amides is 2. The topological polar surface area (TPSA) is 573 Å². The van der Waals surface area contributed by atoms with Crippen molar-refractivity contribution < 1.29 is 162 Å². The molecule has 0 spiro atoms. The van der Waals surface area contributed by atoms with E-state index in [-0.39, 0.29) is 0 Å². The van der Waals surface area contributed by atoms with Gasteiger partial charge in [0.05, 0.1) is 13.2 Å². The van der Waals surface area contributed by atoms with Gasteiger partial charge in [-0.05, 0) is 0 Å². The molecular weight excluding hydrogens is 1050 g/mol. The molecule has 37 nitrogen and oxygen atoms in total. The Morgan fingerprint density at radius 3 is 1.25 bits per heavy atom.